The highest BCUT2D eigenvalue weighted by Gasteiger charge is 2.53. The van der Waals surface area contributed by atoms with Crippen molar-refractivity contribution in [3.63, 3.8) is 0 Å². The minimum absolute atomic E-state index is 0.0674. The summed E-state index contributed by atoms with van der Waals surface area (Å²) in [6.45, 7) is -0.559. The zero-order valence-electron chi connectivity index (χ0n) is 17.3. The molecule has 2 amide bonds. The van der Waals surface area contributed by atoms with E-state index in [0.717, 1.165) is 5.01 Å². The molecule has 2 aliphatic rings. The molecule has 4 unspecified atom stereocenters. The van der Waals surface area contributed by atoms with Crippen molar-refractivity contribution in [2.75, 3.05) is 6.61 Å². The van der Waals surface area contributed by atoms with Crippen molar-refractivity contribution in [1.29, 1.82) is 0 Å². The SMILES string of the molecule is NC1=CNN(C2OC(CO)C(OC(=O)c3ccccc3)C2OC(=O)c2ccccc2)C(=O)N1. The number of nitrogens with one attached hydrogen (secondary N) is 2. The second kappa shape index (κ2) is 9.59. The van der Waals surface area contributed by atoms with E-state index in [1.165, 1.54) is 6.20 Å². The van der Waals surface area contributed by atoms with Crippen molar-refractivity contribution in [2.24, 2.45) is 5.73 Å². The first kappa shape index (κ1) is 22.1. The van der Waals surface area contributed by atoms with Gasteiger partial charge in [0, 0.05) is 0 Å². The Morgan fingerprint density at radius 1 is 0.970 bits per heavy atom. The molecular formula is C22H22N4O7. The van der Waals surface area contributed by atoms with E-state index in [0.29, 0.717) is 0 Å². The van der Waals surface area contributed by atoms with Gasteiger partial charge in [-0.15, -0.1) is 0 Å². The average molecular weight is 454 g/mol. The highest BCUT2D eigenvalue weighted by atomic mass is 16.7. The number of carbonyl (C=O) groups is 3. The van der Waals surface area contributed by atoms with Crippen LogP contribution in [0.2, 0.25) is 0 Å². The van der Waals surface area contributed by atoms with Crippen LogP contribution in [0.15, 0.2) is 72.7 Å². The molecule has 11 heteroatoms. The van der Waals surface area contributed by atoms with Crippen LogP contribution in [0, 0.1) is 0 Å². The van der Waals surface area contributed by atoms with Gasteiger partial charge in [-0.25, -0.2) is 19.4 Å². The largest absolute Gasteiger partial charge is 0.452 e. The number of hydrogen-bond donors (Lipinski definition) is 4. The fourth-order valence-corrected chi connectivity index (χ4v) is 3.47. The van der Waals surface area contributed by atoms with Gasteiger partial charge in [0.15, 0.2) is 18.4 Å². The molecule has 33 heavy (non-hydrogen) atoms. The van der Waals surface area contributed by atoms with E-state index in [2.05, 4.69) is 10.7 Å². The van der Waals surface area contributed by atoms with Gasteiger partial charge in [-0.05, 0) is 24.3 Å². The van der Waals surface area contributed by atoms with Crippen LogP contribution in [-0.2, 0) is 14.2 Å². The van der Waals surface area contributed by atoms with Gasteiger partial charge in [0.1, 0.15) is 11.9 Å². The molecule has 4 rings (SSSR count). The van der Waals surface area contributed by atoms with Gasteiger partial charge in [-0.3, -0.25) is 10.7 Å². The molecule has 4 atom stereocenters. The molecule has 11 nitrogen and oxygen atoms in total. The molecule has 1 saturated heterocycles. The van der Waals surface area contributed by atoms with Crippen LogP contribution in [-0.4, -0.2) is 59.2 Å². The summed E-state index contributed by atoms with van der Waals surface area (Å²) in [6.07, 6.45) is -3.49. The lowest BCUT2D eigenvalue weighted by atomic mass is 10.1. The van der Waals surface area contributed by atoms with E-state index in [1.807, 2.05) is 0 Å². The zero-order valence-corrected chi connectivity index (χ0v) is 17.3. The van der Waals surface area contributed by atoms with E-state index in [9.17, 15) is 19.5 Å². The molecule has 2 aliphatic heterocycles. The first-order valence-electron chi connectivity index (χ1n) is 10.1. The van der Waals surface area contributed by atoms with Crippen molar-refractivity contribution in [3.8, 4) is 0 Å². The number of aliphatic hydroxyl groups is 1. The van der Waals surface area contributed by atoms with E-state index in [-0.39, 0.29) is 16.9 Å². The molecule has 172 valence electrons. The third-order valence-corrected chi connectivity index (χ3v) is 5.05. The summed E-state index contributed by atoms with van der Waals surface area (Å²) in [6, 6.07) is 15.7. The minimum Gasteiger partial charge on any atom is -0.452 e. The standard InChI is InChI=1S/C22H22N4O7/c23-16-11-24-26(22(30)25-16)19-18(33-21(29)14-9-5-2-6-10-14)17(15(12-27)31-19)32-20(28)13-7-3-1-4-8-13/h1-11,15,17-19,24,27H,12,23H2,(H,25,30). The van der Waals surface area contributed by atoms with Gasteiger partial charge < -0.3 is 25.1 Å². The van der Waals surface area contributed by atoms with Crippen molar-refractivity contribution >= 4 is 18.0 Å². The molecule has 0 saturated carbocycles. The Bertz CT molecular complexity index is 1050. The van der Waals surface area contributed by atoms with Crippen LogP contribution < -0.4 is 16.5 Å². The van der Waals surface area contributed by atoms with Gasteiger partial charge in [0.2, 0.25) is 0 Å². The van der Waals surface area contributed by atoms with Crippen LogP contribution in [0.4, 0.5) is 4.79 Å². The predicted octanol–water partition coefficient (Wildman–Crippen LogP) is 0.442. The van der Waals surface area contributed by atoms with E-state index in [4.69, 9.17) is 19.9 Å². The van der Waals surface area contributed by atoms with Crippen LogP contribution >= 0.6 is 0 Å². The summed E-state index contributed by atoms with van der Waals surface area (Å²) in [5, 5.41) is 13.3. The van der Waals surface area contributed by atoms with Gasteiger partial charge in [0.05, 0.1) is 23.9 Å². The van der Waals surface area contributed by atoms with Gasteiger partial charge in [-0.1, -0.05) is 36.4 Å². The number of hydrazine groups is 1. The number of nitrogens with two attached hydrogens (primary N) is 1. The molecule has 0 aliphatic carbocycles. The zero-order chi connectivity index (χ0) is 23.4. The number of rotatable bonds is 6. The van der Waals surface area contributed by atoms with Crippen molar-refractivity contribution in [1.82, 2.24) is 15.8 Å². The quantitative estimate of drug-likeness (QED) is 0.456. The van der Waals surface area contributed by atoms with Crippen LogP contribution in [0.25, 0.3) is 0 Å². The molecule has 0 spiro atoms. The molecule has 5 N–H and O–H groups in total. The number of esters is 2. The second-order valence-corrected chi connectivity index (χ2v) is 7.25. The summed E-state index contributed by atoms with van der Waals surface area (Å²) in [5.41, 5.74) is 8.75. The van der Waals surface area contributed by atoms with Crippen LogP contribution in [0.5, 0.6) is 0 Å². The maximum Gasteiger partial charge on any atom is 0.344 e. The fourth-order valence-electron chi connectivity index (χ4n) is 3.47. The van der Waals surface area contributed by atoms with Gasteiger partial charge in [-0.2, -0.15) is 0 Å². The Hall–Kier alpha value is -4.09. The third-order valence-electron chi connectivity index (χ3n) is 5.05. The molecular weight excluding hydrogens is 432 g/mol. The lowest BCUT2D eigenvalue weighted by Crippen LogP contribution is -2.60. The smallest absolute Gasteiger partial charge is 0.344 e. The molecule has 0 aromatic heterocycles. The second-order valence-electron chi connectivity index (χ2n) is 7.25. The number of benzene rings is 2. The molecule has 1 fully saturated rings. The summed E-state index contributed by atoms with van der Waals surface area (Å²) < 4.78 is 17.0. The number of aliphatic hydroxyl groups excluding tert-OH is 1. The normalized spacial score (nSPS) is 24.3. The topological polar surface area (TPSA) is 152 Å². The lowest BCUT2D eigenvalue weighted by molar-refractivity contribution is -0.0954. The third kappa shape index (κ3) is 4.73. The summed E-state index contributed by atoms with van der Waals surface area (Å²) in [4.78, 5) is 38.0. The van der Waals surface area contributed by atoms with Gasteiger partial charge in [0.25, 0.3) is 0 Å². The number of urea groups is 1. The maximum atomic E-state index is 12.8. The molecule has 0 bridgehead atoms. The molecule has 2 aromatic rings. The molecule has 0 radical (unpaired) electrons. The first-order chi connectivity index (χ1) is 16.0. The van der Waals surface area contributed by atoms with Crippen molar-refractivity contribution < 1.29 is 33.7 Å². The van der Waals surface area contributed by atoms with E-state index in [1.54, 1.807) is 60.7 Å². The highest BCUT2D eigenvalue weighted by molar-refractivity contribution is 5.90. The van der Waals surface area contributed by atoms with Gasteiger partial charge >= 0.3 is 18.0 Å². The average Bonchev–Trinajstić information content (AvgIpc) is 3.16. The lowest BCUT2D eigenvalue weighted by Gasteiger charge is -2.34. The first-order valence-corrected chi connectivity index (χ1v) is 10.1. The number of amides is 2. The monoisotopic (exact) mass is 454 g/mol. The fraction of sp³-hybridized carbons (Fsp3) is 0.227. The number of nitrogens with zero attached hydrogens (tertiary/aromatic N) is 1. The Balaban J connectivity index is 1.63. The Labute approximate surface area is 188 Å². The maximum absolute atomic E-state index is 12.8. The number of carbonyl (C=O) groups excluding carboxylic acids is 3. The Morgan fingerprint density at radius 2 is 1.52 bits per heavy atom. The minimum atomic E-state index is -1.27. The molecule has 2 heterocycles. The number of hydrogen-bond acceptors (Lipinski definition) is 9. The highest BCUT2D eigenvalue weighted by Crippen LogP contribution is 2.30. The summed E-state index contributed by atoms with van der Waals surface area (Å²) >= 11 is 0. The summed E-state index contributed by atoms with van der Waals surface area (Å²) in [5.74, 6) is -1.36. The summed E-state index contributed by atoms with van der Waals surface area (Å²) in [7, 11) is 0. The Kier molecular flexibility index (Phi) is 6.43. The van der Waals surface area contributed by atoms with Crippen LogP contribution in [0.1, 0.15) is 20.7 Å². The van der Waals surface area contributed by atoms with Crippen molar-refractivity contribution in [2.45, 2.75) is 24.5 Å². The molecule has 2 aromatic carbocycles. The number of ether oxygens (including phenoxy) is 3. The van der Waals surface area contributed by atoms with Crippen molar-refractivity contribution in [3.05, 3.63) is 83.8 Å². The van der Waals surface area contributed by atoms with Crippen LogP contribution in [0.3, 0.4) is 0 Å². The van der Waals surface area contributed by atoms with E-state index < -0.39 is 49.1 Å². The predicted molar refractivity (Wildman–Crippen MR) is 113 cm³/mol. The Morgan fingerprint density at radius 3 is 2.03 bits per heavy atom. The van der Waals surface area contributed by atoms with E-state index >= 15 is 0 Å².